The molecule has 0 aliphatic carbocycles. The highest BCUT2D eigenvalue weighted by Crippen LogP contribution is 2.22. The number of hydrogen-bond donors (Lipinski definition) is 1. The third-order valence-corrected chi connectivity index (χ3v) is 5.05. The summed E-state index contributed by atoms with van der Waals surface area (Å²) in [6.45, 7) is 1.91. The van der Waals surface area contributed by atoms with Crippen molar-refractivity contribution >= 4 is 27.2 Å². The molecule has 0 radical (unpaired) electrons. The van der Waals surface area contributed by atoms with Crippen LogP contribution in [0.1, 0.15) is 12.8 Å². The molecule has 1 heterocycles. The Balaban J connectivity index is 2.41. The molecule has 1 rings (SSSR count). The number of sulfonamides is 1. The van der Waals surface area contributed by atoms with E-state index in [9.17, 15) is 21.6 Å². The molecule has 2 N–H and O–H groups in total. The average molecular weight is 333 g/mol. The van der Waals surface area contributed by atoms with Crippen LogP contribution in [0.2, 0.25) is 0 Å². The molecule has 0 aromatic carbocycles. The second kappa shape index (κ2) is 7.01. The van der Waals surface area contributed by atoms with Crippen molar-refractivity contribution in [1.82, 2.24) is 9.21 Å². The lowest BCUT2D eigenvalue weighted by molar-refractivity contribution is -0.134. The van der Waals surface area contributed by atoms with Gasteiger partial charge >= 0.3 is 6.18 Å². The summed E-state index contributed by atoms with van der Waals surface area (Å²) >= 11 is 4.77. The van der Waals surface area contributed by atoms with Crippen LogP contribution in [-0.4, -0.2) is 67.3 Å². The first-order valence-corrected chi connectivity index (χ1v) is 8.17. The van der Waals surface area contributed by atoms with Crippen molar-refractivity contribution < 1.29 is 21.6 Å². The van der Waals surface area contributed by atoms with E-state index in [0.29, 0.717) is 24.6 Å². The van der Waals surface area contributed by atoms with Crippen LogP contribution in [0, 0.1) is 0 Å². The number of nitrogens with two attached hydrogens (primary N) is 1. The number of nitrogens with zero attached hydrogens (tertiary/aromatic N) is 2. The molecule has 1 fully saturated rings. The Morgan fingerprint density at radius 1 is 1.20 bits per heavy atom. The molecule has 118 valence electrons. The van der Waals surface area contributed by atoms with E-state index in [1.807, 2.05) is 4.90 Å². The summed E-state index contributed by atoms with van der Waals surface area (Å²) in [6, 6.07) is 0. The van der Waals surface area contributed by atoms with Gasteiger partial charge in [-0.15, -0.1) is 0 Å². The monoisotopic (exact) mass is 333 g/mol. The van der Waals surface area contributed by atoms with Gasteiger partial charge in [0.05, 0.1) is 10.7 Å². The van der Waals surface area contributed by atoms with E-state index >= 15 is 0 Å². The Morgan fingerprint density at radius 2 is 1.75 bits per heavy atom. The lowest BCUT2D eigenvalue weighted by Crippen LogP contribution is -2.50. The number of thiocarbonyl (C=S) groups is 1. The molecule has 0 aromatic heterocycles. The summed E-state index contributed by atoms with van der Waals surface area (Å²) in [6.07, 6.45) is -5.79. The van der Waals surface area contributed by atoms with E-state index in [4.69, 9.17) is 18.0 Å². The molecule has 1 aliphatic heterocycles. The van der Waals surface area contributed by atoms with Crippen LogP contribution < -0.4 is 5.73 Å². The summed E-state index contributed by atoms with van der Waals surface area (Å²) in [5.74, 6) is -0.470. The second-order valence-electron chi connectivity index (χ2n) is 4.68. The van der Waals surface area contributed by atoms with Gasteiger partial charge in [-0.1, -0.05) is 12.2 Å². The van der Waals surface area contributed by atoms with Gasteiger partial charge in [0.25, 0.3) is 0 Å². The van der Waals surface area contributed by atoms with Crippen molar-refractivity contribution in [1.29, 1.82) is 0 Å². The standard InChI is InChI=1S/C10H18F3N3O2S2/c11-10(12,13)2-1-7-20(17,18)16-5-3-15(4-6-16)8-9(14)19/h1-8H2,(H2,14,19). The SMILES string of the molecule is NC(=S)CN1CCN(S(=O)(=O)CCCC(F)(F)F)CC1. The zero-order valence-corrected chi connectivity index (χ0v) is 12.5. The van der Waals surface area contributed by atoms with Gasteiger partial charge in [0.1, 0.15) is 0 Å². The predicted octanol–water partition coefficient (Wildman–Crippen LogP) is 0.562. The van der Waals surface area contributed by atoms with Crippen molar-refractivity contribution in [3.05, 3.63) is 0 Å². The fourth-order valence-electron chi connectivity index (χ4n) is 1.97. The van der Waals surface area contributed by atoms with Crippen LogP contribution >= 0.6 is 12.2 Å². The van der Waals surface area contributed by atoms with Gasteiger partial charge in [-0.2, -0.15) is 17.5 Å². The van der Waals surface area contributed by atoms with E-state index in [1.165, 1.54) is 4.31 Å². The molecule has 20 heavy (non-hydrogen) atoms. The zero-order valence-electron chi connectivity index (χ0n) is 10.9. The number of rotatable bonds is 6. The first-order valence-electron chi connectivity index (χ1n) is 6.15. The van der Waals surface area contributed by atoms with Crippen LogP contribution in [0.25, 0.3) is 0 Å². The fourth-order valence-corrected chi connectivity index (χ4v) is 3.64. The molecular formula is C10H18F3N3O2S2. The van der Waals surface area contributed by atoms with E-state index in [-0.39, 0.29) is 13.1 Å². The lowest BCUT2D eigenvalue weighted by atomic mass is 10.3. The summed E-state index contributed by atoms with van der Waals surface area (Å²) in [4.78, 5) is 2.26. The molecule has 0 saturated carbocycles. The highest BCUT2D eigenvalue weighted by molar-refractivity contribution is 7.89. The molecular weight excluding hydrogens is 315 g/mol. The maximum Gasteiger partial charge on any atom is 0.389 e. The lowest BCUT2D eigenvalue weighted by Gasteiger charge is -2.33. The van der Waals surface area contributed by atoms with E-state index < -0.39 is 34.8 Å². The van der Waals surface area contributed by atoms with E-state index in [1.54, 1.807) is 0 Å². The molecule has 5 nitrogen and oxygen atoms in total. The maximum atomic E-state index is 12.0. The Hall–Kier alpha value is -0.450. The third kappa shape index (κ3) is 6.33. The van der Waals surface area contributed by atoms with Crippen molar-refractivity contribution in [2.45, 2.75) is 19.0 Å². The molecule has 0 atom stereocenters. The van der Waals surface area contributed by atoms with Crippen LogP contribution in [0.5, 0.6) is 0 Å². The Bertz CT molecular complexity index is 432. The van der Waals surface area contributed by atoms with Gasteiger partial charge in [-0.05, 0) is 6.42 Å². The quantitative estimate of drug-likeness (QED) is 0.720. The summed E-state index contributed by atoms with van der Waals surface area (Å²) in [5, 5.41) is 0. The minimum absolute atomic E-state index is 0.261. The third-order valence-electron chi connectivity index (χ3n) is 2.97. The average Bonchev–Trinajstić information content (AvgIpc) is 2.26. The van der Waals surface area contributed by atoms with Gasteiger partial charge in [0.15, 0.2) is 0 Å². The molecule has 0 spiro atoms. The summed E-state index contributed by atoms with van der Waals surface area (Å²) < 4.78 is 61.0. The summed E-state index contributed by atoms with van der Waals surface area (Å²) in [7, 11) is -3.62. The second-order valence-corrected chi connectivity index (χ2v) is 7.29. The Kier molecular flexibility index (Phi) is 6.17. The van der Waals surface area contributed by atoms with Gasteiger partial charge in [0, 0.05) is 39.1 Å². The van der Waals surface area contributed by atoms with E-state index in [2.05, 4.69) is 0 Å². The van der Waals surface area contributed by atoms with E-state index in [0.717, 1.165) is 0 Å². The largest absolute Gasteiger partial charge is 0.392 e. The van der Waals surface area contributed by atoms with Gasteiger partial charge < -0.3 is 5.73 Å². The van der Waals surface area contributed by atoms with Gasteiger partial charge in [-0.3, -0.25) is 4.90 Å². The zero-order chi connectivity index (χ0) is 15.4. The number of hydrogen-bond acceptors (Lipinski definition) is 4. The van der Waals surface area contributed by atoms with Crippen LogP contribution in [-0.2, 0) is 10.0 Å². The minimum atomic E-state index is -4.31. The highest BCUT2D eigenvalue weighted by atomic mass is 32.2. The van der Waals surface area contributed by atoms with Crippen LogP contribution in [0.3, 0.4) is 0 Å². The first kappa shape index (κ1) is 17.6. The normalized spacial score (nSPS) is 19.1. The maximum absolute atomic E-state index is 12.0. The topological polar surface area (TPSA) is 66.6 Å². The molecule has 1 aliphatic rings. The predicted molar refractivity (Wildman–Crippen MR) is 73.9 cm³/mol. The Morgan fingerprint density at radius 3 is 2.20 bits per heavy atom. The van der Waals surface area contributed by atoms with Crippen molar-refractivity contribution in [2.24, 2.45) is 5.73 Å². The van der Waals surface area contributed by atoms with Gasteiger partial charge in [-0.25, -0.2) is 8.42 Å². The van der Waals surface area contributed by atoms with Gasteiger partial charge in [0.2, 0.25) is 10.0 Å². The molecule has 0 amide bonds. The minimum Gasteiger partial charge on any atom is -0.392 e. The molecule has 1 saturated heterocycles. The molecule has 0 aromatic rings. The molecule has 0 bridgehead atoms. The first-order chi connectivity index (χ1) is 9.10. The van der Waals surface area contributed by atoms with Crippen LogP contribution in [0.15, 0.2) is 0 Å². The molecule has 0 unspecified atom stereocenters. The Labute approximate surface area is 121 Å². The number of piperazine rings is 1. The number of halogens is 3. The smallest absolute Gasteiger partial charge is 0.389 e. The van der Waals surface area contributed by atoms with Crippen LogP contribution in [0.4, 0.5) is 13.2 Å². The fraction of sp³-hybridized carbons (Fsp3) is 0.900. The highest BCUT2D eigenvalue weighted by Gasteiger charge is 2.30. The van der Waals surface area contributed by atoms with Crippen molar-refractivity contribution in [3.8, 4) is 0 Å². The molecule has 10 heteroatoms. The van der Waals surface area contributed by atoms with Crippen molar-refractivity contribution in [2.75, 3.05) is 38.5 Å². The summed E-state index contributed by atoms with van der Waals surface area (Å²) in [5.41, 5.74) is 5.40. The number of alkyl halides is 3. The van der Waals surface area contributed by atoms with Crippen molar-refractivity contribution in [3.63, 3.8) is 0 Å².